The molecule has 7 nitrogen and oxygen atoms in total. The number of hydrogen-bond acceptors (Lipinski definition) is 5. The highest BCUT2D eigenvalue weighted by Crippen LogP contribution is 2.25. The summed E-state index contributed by atoms with van der Waals surface area (Å²) in [4.78, 5) is 29.2. The average Bonchev–Trinajstić information content (AvgIpc) is 2.78. The van der Waals surface area contributed by atoms with E-state index in [1.54, 1.807) is 27.8 Å². The standard InChI is InChI=1S/C14H17ClN4O3/c1-8(20)10-7-16-12-9(6-11(15)17-19(10)12)18(5)13(21)22-14(2,3)4/h6-7H,1-5H3. The van der Waals surface area contributed by atoms with Crippen LogP contribution in [0.3, 0.4) is 0 Å². The Balaban J connectivity index is 2.51. The van der Waals surface area contributed by atoms with Crippen LogP contribution in [0.25, 0.3) is 5.65 Å². The normalized spacial score (nSPS) is 11.5. The second-order valence-corrected chi connectivity index (χ2v) is 6.21. The van der Waals surface area contributed by atoms with Crippen molar-refractivity contribution in [1.29, 1.82) is 0 Å². The zero-order valence-electron chi connectivity index (χ0n) is 13.0. The number of anilines is 1. The maximum absolute atomic E-state index is 12.2. The van der Waals surface area contributed by atoms with Gasteiger partial charge in [-0.05, 0) is 20.8 Å². The molecule has 2 heterocycles. The van der Waals surface area contributed by atoms with Crippen molar-refractivity contribution in [1.82, 2.24) is 14.6 Å². The lowest BCUT2D eigenvalue weighted by Gasteiger charge is -2.24. The van der Waals surface area contributed by atoms with E-state index in [1.807, 2.05) is 0 Å². The molecule has 0 saturated carbocycles. The van der Waals surface area contributed by atoms with Crippen LogP contribution in [0.1, 0.15) is 38.2 Å². The molecule has 0 saturated heterocycles. The first-order valence-corrected chi connectivity index (χ1v) is 7.00. The first-order valence-electron chi connectivity index (χ1n) is 6.62. The Morgan fingerprint density at radius 2 is 2.00 bits per heavy atom. The van der Waals surface area contributed by atoms with Crippen molar-refractivity contribution in [2.45, 2.75) is 33.3 Å². The van der Waals surface area contributed by atoms with E-state index in [0.29, 0.717) is 11.3 Å². The van der Waals surface area contributed by atoms with Crippen molar-refractivity contribution in [3.05, 3.63) is 23.1 Å². The Morgan fingerprint density at radius 3 is 2.55 bits per heavy atom. The van der Waals surface area contributed by atoms with Crippen molar-refractivity contribution in [3.63, 3.8) is 0 Å². The van der Waals surface area contributed by atoms with Crippen molar-refractivity contribution >= 4 is 34.8 Å². The minimum absolute atomic E-state index is 0.137. The van der Waals surface area contributed by atoms with Crippen LogP contribution >= 0.6 is 11.6 Å². The molecule has 8 heteroatoms. The Hall–Kier alpha value is -2.15. The molecule has 0 fully saturated rings. The van der Waals surface area contributed by atoms with E-state index in [4.69, 9.17) is 16.3 Å². The molecule has 0 aliphatic rings. The zero-order chi connectivity index (χ0) is 16.7. The van der Waals surface area contributed by atoms with E-state index in [1.165, 1.54) is 28.6 Å². The molecule has 1 amide bonds. The Morgan fingerprint density at radius 1 is 1.36 bits per heavy atom. The maximum atomic E-state index is 12.2. The topological polar surface area (TPSA) is 76.8 Å². The van der Waals surface area contributed by atoms with E-state index in [-0.39, 0.29) is 16.6 Å². The van der Waals surface area contributed by atoms with Gasteiger partial charge in [-0.2, -0.15) is 5.10 Å². The summed E-state index contributed by atoms with van der Waals surface area (Å²) in [6, 6.07) is 1.50. The lowest BCUT2D eigenvalue weighted by atomic mass is 10.2. The minimum atomic E-state index is -0.627. The third kappa shape index (κ3) is 3.19. The second-order valence-electron chi connectivity index (χ2n) is 5.83. The largest absolute Gasteiger partial charge is 0.443 e. The summed E-state index contributed by atoms with van der Waals surface area (Å²) < 4.78 is 6.64. The quantitative estimate of drug-likeness (QED) is 0.794. The number of ketones is 1. The third-order valence-corrected chi connectivity index (χ3v) is 2.99. The van der Waals surface area contributed by atoms with Gasteiger partial charge in [0.05, 0.1) is 11.9 Å². The summed E-state index contributed by atoms with van der Waals surface area (Å²) in [6.07, 6.45) is 0.844. The summed E-state index contributed by atoms with van der Waals surface area (Å²) in [6.45, 7) is 6.73. The summed E-state index contributed by atoms with van der Waals surface area (Å²) in [5.41, 5.74) is 0.416. The predicted molar refractivity (Wildman–Crippen MR) is 82.6 cm³/mol. The van der Waals surface area contributed by atoms with Crippen molar-refractivity contribution in [2.24, 2.45) is 0 Å². The van der Waals surface area contributed by atoms with Crippen LogP contribution in [0, 0.1) is 0 Å². The van der Waals surface area contributed by atoms with Crippen LogP contribution in [-0.4, -0.2) is 39.1 Å². The Kier molecular flexibility index (Phi) is 4.10. The number of imidazole rings is 1. The van der Waals surface area contributed by atoms with Gasteiger partial charge in [-0.3, -0.25) is 9.69 Å². The Bertz CT molecular complexity index is 748. The monoisotopic (exact) mass is 324 g/mol. The van der Waals surface area contributed by atoms with Gasteiger partial charge >= 0.3 is 6.09 Å². The molecule has 0 aromatic carbocycles. The van der Waals surface area contributed by atoms with Crippen molar-refractivity contribution in [3.8, 4) is 0 Å². The lowest BCUT2D eigenvalue weighted by Crippen LogP contribution is -2.34. The molecule has 0 atom stereocenters. The lowest BCUT2D eigenvalue weighted by molar-refractivity contribution is 0.0589. The number of amides is 1. The first kappa shape index (κ1) is 16.2. The van der Waals surface area contributed by atoms with E-state index >= 15 is 0 Å². The van der Waals surface area contributed by atoms with Gasteiger partial charge in [0.15, 0.2) is 16.6 Å². The molecule has 0 aliphatic carbocycles. The molecule has 2 aromatic heterocycles. The number of hydrogen-bond donors (Lipinski definition) is 0. The van der Waals surface area contributed by atoms with Gasteiger partial charge in [0.25, 0.3) is 0 Å². The molecule has 0 bridgehead atoms. The van der Waals surface area contributed by atoms with Gasteiger partial charge in [-0.25, -0.2) is 14.3 Å². The highest BCUT2D eigenvalue weighted by Gasteiger charge is 2.24. The molecule has 2 rings (SSSR count). The molecular formula is C14H17ClN4O3. The van der Waals surface area contributed by atoms with Gasteiger partial charge in [-0.1, -0.05) is 11.6 Å². The van der Waals surface area contributed by atoms with E-state index in [9.17, 15) is 9.59 Å². The number of Topliss-reactive ketones (excluding diaryl/α,β-unsaturated/α-hetero) is 1. The van der Waals surface area contributed by atoms with E-state index < -0.39 is 11.7 Å². The van der Waals surface area contributed by atoms with Crippen LogP contribution < -0.4 is 4.90 Å². The van der Waals surface area contributed by atoms with Crippen molar-refractivity contribution in [2.75, 3.05) is 11.9 Å². The van der Waals surface area contributed by atoms with Gasteiger partial charge in [0, 0.05) is 20.0 Å². The molecule has 0 radical (unpaired) electrons. The van der Waals surface area contributed by atoms with Gasteiger partial charge < -0.3 is 4.74 Å². The van der Waals surface area contributed by atoms with Crippen LogP contribution in [0.2, 0.25) is 5.15 Å². The highest BCUT2D eigenvalue weighted by molar-refractivity contribution is 6.29. The number of aromatic nitrogens is 3. The average molecular weight is 325 g/mol. The number of nitrogens with zero attached hydrogens (tertiary/aromatic N) is 4. The second kappa shape index (κ2) is 5.57. The highest BCUT2D eigenvalue weighted by atomic mass is 35.5. The zero-order valence-corrected chi connectivity index (χ0v) is 13.8. The molecule has 2 aromatic rings. The van der Waals surface area contributed by atoms with Crippen LogP contribution in [0.5, 0.6) is 0 Å². The fourth-order valence-electron chi connectivity index (χ4n) is 1.84. The van der Waals surface area contributed by atoms with Crippen LogP contribution in [0.4, 0.5) is 10.5 Å². The summed E-state index contributed by atoms with van der Waals surface area (Å²) in [5.74, 6) is -0.201. The number of halogens is 1. The minimum Gasteiger partial charge on any atom is -0.443 e. The first-order chi connectivity index (χ1) is 10.1. The number of carbonyl (C=O) groups is 2. The summed E-state index contributed by atoms with van der Waals surface area (Å²) in [5, 5.41) is 4.19. The Labute approximate surface area is 132 Å². The summed E-state index contributed by atoms with van der Waals surface area (Å²) >= 11 is 5.99. The number of carbonyl (C=O) groups excluding carboxylic acids is 2. The fourth-order valence-corrected chi connectivity index (χ4v) is 2.02. The smallest absolute Gasteiger partial charge is 0.414 e. The number of ether oxygens (including phenoxy) is 1. The van der Waals surface area contributed by atoms with E-state index in [0.717, 1.165) is 0 Å². The molecule has 0 aliphatic heterocycles. The number of rotatable bonds is 2. The third-order valence-electron chi connectivity index (χ3n) is 2.81. The van der Waals surface area contributed by atoms with Crippen LogP contribution in [0.15, 0.2) is 12.3 Å². The van der Waals surface area contributed by atoms with Gasteiger partial charge in [0.2, 0.25) is 0 Å². The molecule has 118 valence electrons. The predicted octanol–water partition coefficient (Wildman–Crippen LogP) is 2.96. The van der Waals surface area contributed by atoms with E-state index in [2.05, 4.69) is 10.1 Å². The summed E-state index contributed by atoms with van der Waals surface area (Å²) in [7, 11) is 1.54. The van der Waals surface area contributed by atoms with Gasteiger partial charge in [-0.15, -0.1) is 0 Å². The molecule has 0 N–H and O–H groups in total. The SMILES string of the molecule is CC(=O)c1cnc2c(N(C)C(=O)OC(C)(C)C)cc(Cl)nn12. The van der Waals surface area contributed by atoms with Gasteiger partial charge in [0.1, 0.15) is 11.3 Å². The van der Waals surface area contributed by atoms with Crippen molar-refractivity contribution < 1.29 is 14.3 Å². The molecular weight excluding hydrogens is 308 g/mol. The number of fused-ring (bicyclic) bond motifs is 1. The molecule has 22 heavy (non-hydrogen) atoms. The van der Waals surface area contributed by atoms with Crippen LogP contribution in [-0.2, 0) is 4.74 Å². The maximum Gasteiger partial charge on any atom is 0.414 e. The fraction of sp³-hybridized carbons (Fsp3) is 0.429. The molecule has 0 unspecified atom stereocenters. The molecule has 0 spiro atoms.